The van der Waals surface area contributed by atoms with Crippen LogP contribution in [0.25, 0.3) is 11.3 Å². The Bertz CT molecular complexity index is 594. The summed E-state index contributed by atoms with van der Waals surface area (Å²) >= 11 is 0. The number of hydrogen-bond acceptors (Lipinski definition) is 4. The molecule has 5 heteroatoms. The van der Waals surface area contributed by atoms with Crippen molar-refractivity contribution >= 4 is 5.91 Å². The van der Waals surface area contributed by atoms with Gasteiger partial charge in [0.25, 0.3) is 5.91 Å². The second kappa shape index (κ2) is 6.14. The van der Waals surface area contributed by atoms with Crippen molar-refractivity contribution in [1.82, 2.24) is 14.9 Å². The average Bonchev–Trinajstić information content (AvgIpc) is 2.47. The van der Waals surface area contributed by atoms with Gasteiger partial charge in [-0.15, -0.1) is 0 Å². The molecule has 104 valence electrons. The number of carbonyl (C=O) groups is 1. The normalized spacial score (nSPS) is 10.2. The maximum absolute atomic E-state index is 11.9. The number of carbonyl (C=O) groups excluding carboxylic acids is 1. The van der Waals surface area contributed by atoms with E-state index in [9.17, 15) is 4.79 Å². The highest BCUT2D eigenvalue weighted by Crippen LogP contribution is 2.20. The number of nitrogens with zero attached hydrogens (tertiary/aromatic N) is 3. The summed E-state index contributed by atoms with van der Waals surface area (Å²) in [4.78, 5) is 21.9. The van der Waals surface area contributed by atoms with Crippen molar-refractivity contribution < 1.29 is 9.53 Å². The Morgan fingerprint density at radius 2 is 2.05 bits per heavy atom. The summed E-state index contributed by atoms with van der Waals surface area (Å²) in [5.74, 6) is 0.648. The smallest absolute Gasteiger partial charge is 0.254 e. The number of ether oxygens (including phenoxy) is 1. The van der Waals surface area contributed by atoms with Gasteiger partial charge in [0, 0.05) is 32.1 Å². The Morgan fingerprint density at radius 1 is 1.25 bits per heavy atom. The maximum atomic E-state index is 11.9. The first-order valence-electron chi connectivity index (χ1n) is 6.37. The molecule has 0 aromatic carbocycles. The summed E-state index contributed by atoms with van der Waals surface area (Å²) < 4.78 is 5.35. The van der Waals surface area contributed by atoms with Gasteiger partial charge in [-0.05, 0) is 25.1 Å². The Balaban J connectivity index is 2.28. The first-order valence-corrected chi connectivity index (χ1v) is 6.37. The Morgan fingerprint density at radius 3 is 2.65 bits per heavy atom. The first kappa shape index (κ1) is 14.0. The molecule has 5 nitrogen and oxygen atoms in total. The molecule has 0 spiro atoms. The van der Waals surface area contributed by atoms with E-state index in [4.69, 9.17) is 4.74 Å². The van der Waals surface area contributed by atoms with Gasteiger partial charge < -0.3 is 9.64 Å². The summed E-state index contributed by atoms with van der Waals surface area (Å²) in [5.41, 5.74) is 2.11. The fourth-order valence-corrected chi connectivity index (χ4v) is 1.76. The molecule has 1 amide bonds. The molecule has 0 fully saturated rings. The first-order chi connectivity index (χ1) is 9.61. The Kier molecular flexibility index (Phi) is 4.30. The van der Waals surface area contributed by atoms with E-state index in [0.29, 0.717) is 12.2 Å². The topological polar surface area (TPSA) is 55.3 Å². The summed E-state index contributed by atoms with van der Waals surface area (Å²) in [5, 5.41) is 0. The zero-order valence-electron chi connectivity index (χ0n) is 11.8. The largest absolute Gasteiger partial charge is 0.492 e. The third-order valence-corrected chi connectivity index (χ3v) is 2.73. The molecule has 0 N–H and O–H groups in total. The standard InChI is InChI=1S/C15H17N3O2/c1-4-20-13-5-6-14(17-10-13)11-7-12(9-16-8-11)15(19)18(2)3/h5-10H,4H2,1-3H3. The third-order valence-electron chi connectivity index (χ3n) is 2.73. The Labute approximate surface area is 118 Å². The van der Waals surface area contributed by atoms with Crippen LogP contribution in [0.5, 0.6) is 5.75 Å². The SMILES string of the molecule is CCOc1ccc(-c2cncc(C(=O)N(C)C)c2)nc1. The highest BCUT2D eigenvalue weighted by atomic mass is 16.5. The van der Waals surface area contributed by atoms with E-state index in [-0.39, 0.29) is 5.91 Å². The highest BCUT2D eigenvalue weighted by molar-refractivity contribution is 5.94. The second-order valence-electron chi connectivity index (χ2n) is 4.47. The van der Waals surface area contributed by atoms with Gasteiger partial charge in [0.1, 0.15) is 5.75 Å². The fourth-order valence-electron chi connectivity index (χ4n) is 1.76. The molecule has 0 radical (unpaired) electrons. The van der Waals surface area contributed by atoms with E-state index in [0.717, 1.165) is 17.0 Å². The van der Waals surface area contributed by atoms with Crippen LogP contribution in [0.1, 0.15) is 17.3 Å². The van der Waals surface area contributed by atoms with E-state index < -0.39 is 0 Å². The van der Waals surface area contributed by atoms with Crippen molar-refractivity contribution in [3.05, 3.63) is 42.4 Å². The van der Waals surface area contributed by atoms with E-state index in [1.54, 1.807) is 38.8 Å². The van der Waals surface area contributed by atoms with Crippen molar-refractivity contribution in [3.8, 4) is 17.0 Å². The van der Waals surface area contributed by atoms with Crippen LogP contribution in [-0.4, -0.2) is 41.5 Å². The lowest BCUT2D eigenvalue weighted by Crippen LogP contribution is -2.21. The van der Waals surface area contributed by atoms with Crippen molar-refractivity contribution in [2.75, 3.05) is 20.7 Å². The molecule has 0 aliphatic carbocycles. The van der Waals surface area contributed by atoms with Crippen LogP contribution in [0.3, 0.4) is 0 Å². The van der Waals surface area contributed by atoms with Gasteiger partial charge in [-0.2, -0.15) is 0 Å². The van der Waals surface area contributed by atoms with Crippen molar-refractivity contribution in [3.63, 3.8) is 0 Å². The molecule has 2 aromatic rings. The monoisotopic (exact) mass is 271 g/mol. The molecule has 0 unspecified atom stereocenters. The minimum Gasteiger partial charge on any atom is -0.492 e. The molecular formula is C15H17N3O2. The van der Waals surface area contributed by atoms with Crippen LogP contribution in [0.4, 0.5) is 0 Å². The molecule has 0 aliphatic rings. The van der Waals surface area contributed by atoms with Gasteiger partial charge in [-0.25, -0.2) is 0 Å². The second-order valence-corrected chi connectivity index (χ2v) is 4.47. The maximum Gasteiger partial charge on any atom is 0.254 e. The van der Waals surface area contributed by atoms with Crippen LogP contribution in [-0.2, 0) is 0 Å². The lowest BCUT2D eigenvalue weighted by molar-refractivity contribution is 0.0827. The quantitative estimate of drug-likeness (QED) is 0.855. The zero-order chi connectivity index (χ0) is 14.5. The van der Waals surface area contributed by atoms with E-state index in [1.165, 1.54) is 4.90 Å². The molecule has 0 aliphatic heterocycles. The van der Waals surface area contributed by atoms with Gasteiger partial charge in [0.2, 0.25) is 0 Å². The van der Waals surface area contributed by atoms with Crippen LogP contribution in [0.15, 0.2) is 36.8 Å². The zero-order valence-corrected chi connectivity index (χ0v) is 11.8. The van der Waals surface area contributed by atoms with Crippen LogP contribution in [0.2, 0.25) is 0 Å². The number of aromatic nitrogens is 2. The molecule has 2 rings (SSSR count). The number of amides is 1. The molecule has 20 heavy (non-hydrogen) atoms. The number of hydrogen-bond donors (Lipinski definition) is 0. The number of rotatable bonds is 4. The minimum atomic E-state index is -0.0784. The molecule has 0 saturated heterocycles. The van der Waals surface area contributed by atoms with Gasteiger partial charge in [0.05, 0.1) is 24.1 Å². The molecular weight excluding hydrogens is 254 g/mol. The van der Waals surface area contributed by atoms with Crippen LogP contribution in [0, 0.1) is 0 Å². The highest BCUT2D eigenvalue weighted by Gasteiger charge is 2.10. The molecule has 2 heterocycles. The predicted molar refractivity (Wildman–Crippen MR) is 76.7 cm³/mol. The molecule has 0 saturated carbocycles. The molecule has 0 bridgehead atoms. The van der Waals surface area contributed by atoms with Crippen LogP contribution >= 0.6 is 0 Å². The van der Waals surface area contributed by atoms with Gasteiger partial charge >= 0.3 is 0 Å². The summed E-state index contributed by atoms with van der Waals surface area (Å²) in [6.07, 6.45) is 4.91. The number of pyridine rings is 2. The molecule has 0 atom stereocenters. The van der Waals surface area contributed by atoms with E-state index >= 15 is 0 Å². The lowest BCUT2D eigenvalue weighted by Gasteiger charge is -2.10. The third kappa shape index (κ3) is 3.12. The van der Waals surface area contributed by atoms with Gasteiger partial charge in [0.15, 0.2) is 0 Å². The summed E-state index contributed by atoms with van der Waals surface area (Å²) in [6.45, 7) is 2.53. The van der Waals surface area contributed by atoms with Crippen molar-refractivity contribution in [1.29, 1.82) is 0 Å². The molecule has 2 aromatic heterocycles. The minimum absolute atomic E-state index is 0.0784. The van der Waals surface area contributed by atoms with E-state index in [1.807, 2.05) is 19.1 Å². The van der Waals surface area contributed by atoms with Crippen molar-refractivity contribution in [2.24, 2.45) is 0 Å². The van der Waals surface area contributed by atoms with E-state index in [2.05, 4.69) is 9.97 Å². The van der Waals surface area contributed by atoms with Crippen molar-refractivity contribution in [2.45, 2.75) is 6.92 Å². The van der Waals surface area contributed by atoms with Gasteiger partial charge in [-0.3, -0.25) is 14.8 Å². The van der Waals surface area contributed by atoms with Crippen LogP contribution < -0.4 is 4.74 Å². The summed E-state index contributed by atoms with van der Waals surface area (Å²) in [6, 6.07) is 5.50. The van der Waals surface area contributed by atoms with Gasteiger partial charge in [-0.1, -0.05) is 0 Å². The Hall–Kier alpha value is -2.43. The fraction of sp³-hybridized carbons (Fsp3) is 0.267. The summed E-state index contributed by atoms with van der Waals surface area (Å²) in [7, 11) is 3.42. The predicted octanol–water partition coefficient (Wildman–Crippen LogP) is 2.24. The lowest BCUT2D eigenvalue weighted by atomic mass is 10.1. The average molecular weight is 271 g/mol.